The summed E-state index contributed by atoms with van der Waals surface area (Å²) in [5, 5.41) is 0.492. The smallest absolute Gasteiger partial charge is 0.337 e. The molecule has 3 rings (SSSR count). The van der Waals surface area contributed by atoms with Gasteiger partial charge in [-0.25, -0.2) is 4.79 Å². The lowest BCUT2D eigenvalue weighted by molar-refractivity contribution is -0.168. The van der Waals surface area contributed by atoms with Crippen molar-refractivity contribution < 1.29 is 23.7 Å². The maximum absolute atomic E-state index is 11.5. The number of halogens is 1. The van der Waals surface area contributed by atoms with Crippen LogP contribution in [0.4, 0.5) is 0 Å². The van der Waals surface area contributed by atoms with Crippen molar-refractivity contribution >= 4 is 17.6 Å². The maximum Gasteiger partial charge on any atom is 0.337 e. The molecule has 1 fully saturated rings. The average molecular weight is 369 g/mol. The largest absolute Gasteiger partial charge is 0.502 e. The third-order valence-electron chi connectivity index (χ3n) is 3.78. The Morgan fingerprint density at radius 2 is 2.12 bits per heavy atom. The molecule has 25 heavy (non-hydrogen) atoms. The van der Waals surface area contributed by atoms with E-state index in [0.717, 1.165) is 38.0 Å². The summed E-state index contributed by atoms with van der Waals surface area (Å²) >= 11 is 5.98. The number of carbonyl (C=O) groups excluding carboxylic acids is 1. The zero-order valence-electron chi connectivity index (χ0n) is 14.5. The van der Waals surface area contributed by atoms with E-state index in [2.05, 4.69) is 4.74 Å². The number of allylic oxidation sites excluding steroid dienone is 1. The van der Waals surface area contributed by atoms with Gasteiger partial charge in [0.15, 0.2) is 6.29 Å². The zero-order chi connectivity index (χ0) is 17.9. The first-order valence-electron chi connectivity index (χ1n) is 8.56. The number of carbonyl (C=O) groups is 1. The van der Waals surface area contributed by atoms with Crippen LogP contribution in [-0.4, -0.2) is 32.6 Å². The van der Waals surface area contributed by atoms with E-state index in [4.69, 9.17) is 25.8 Å². The molecule has 2 aliphatic rings. The van der Waals surface area contributed by atoms with Crippen molar-refractivity contribution in [3.8, 4) is 0 Å². The van der Waals surface area contributed by atoms with Gasteiger partial charge < -0.3 is 18.9 Å². The standard InChI is InChI=1S/C14H17ClO4.C5H8O/c1-17-14(16)11-6-10(7-12(15)8-11)9-19-13-4-2-3-5-18-13;1-2-4-6-5-3-1/h6-8,13H,2-5,9H2,1H3;2,4H,1,3,5H2. The highest BCUT2D eigenvalue weighted by atomic mass is 35.5. The lowest BCUT2D eigenvalue weighted by Crippen LogP contribution is -2.22. The van der Waals surface area contributed by atoms with Crippen molar-refractivity contribution in [2.45, 2.75) is 45.0 Å². The van der Waals surface area contributed by atoms with E-state index in [-0.39, 0.29) is 6.29 Å². The van der Waals surface area contributed by atoms with Gasteiger partial charge in [-0.3, -0.25) is 0 Å². The van der Waals surface area contributed by atoms with Gasteiger partial charge in [0.25, 0.3) is 0 Å². The molecule has 1 aromatic rings. The first kappa shape index (κ1) is 19.8. The van der Waals surface area contributed by atoms with Crippen LogP contribution in [0.25, 0.3) is 0 Å². The molecule has 0 radical (unpaired) electrons. The molecule has 0 N–H and O–H groups in total. The van der Waals surface area contributed by atoms with E-state index in [9.17, 15) is 4.79 Å². The van der Waals surface area contributed by atoms with E-state index >= 15 is 0 Å². The summed E-state index contributed by atoms with van der Waals surface area (Å²) in [4.78, 5) is 11.5. The molecule has 1 saturated heterocycles. The molecule has 0 bridgehead atoms. The monoisotopic (exact) mass is 368 g/mol. The second-order valence-corrected chi connectivity index (χ2v) is 6.27. The Bertz CT molecular complexity index is 559. The van der Waals surface area contributed by atoms with Crippen molar-refractivity contribution in [1.29, 1.82) is 0 Å². The van der Waals surface area contributed by atoms with Crippen molar-refractivity contribution in [2.75, 3.05) is 20.3 Å². The van der Waals surface area contributed by atoms with Gasteiger partial charge in [0, 0.05) is 11.6 Å². The third kappa shape index (κ3) is 7.46. The summed E-state index contributed by atoms with van der Waals surface area (Å²) in [6.07, 6.45) is 9.15. The van der Waals surface area contributed by atoms with Crippen LogP contribution in [0.2, 0.25) is 5.02 Å². The maximum atomic E-state index is 11.5. The predicted octanol–water partition coefficient (Wildman–Crippen LogP) is 4.48. The van der Waals surface area contributed by atoms with Gasteiger partial charge in [-0.2, -0.15) is 0 Å². The summed E-state index contributed by atoms with van der Waals surface area (Å²) in [6.45, 7) is 2.03. The number of hydrogen-bond donors (Lipinski definition) is 0. The van der Waals surface area contributed by atoms with Crippen LogP contribution in [-0.2, 0) is 25.6 Å². The zero-order valence-corrected chi connectivity index (χ0v) is 15.3. The molecule has 138 valence electrons. The first-order chi connectivity index (χ1) is 12.2. The highest BCUT2D eigenvalue weighted by molar-refractivity contribution is 6.31. The fourth-order valence-electron chi connectivity index (χ4n) is 2.49. The lowest BCUT2D eigenvalue weighted by Gasteiger charge is -2.22. The average Bonchev–Trinajstić information content (AvgIpc) is 2.68. The quantitative estimate of drug-likeness (QED) is 0.733. The fourth-order valence-corrected chi connectivity index (χ4v) is 2.75. The summed E-state index contributed by atoms with van der Waals surface area (Å²) in [7, 11) is 1.34. The van der Waals surface area contributed by atoms with Gasteiger partial charge in [-0.15, -0.1) is 0 Å². The summed E-state index contributed by atoms with van der Waals surface area (Å²) in [6, 6.07) is 5.07. The van der Waals surface area contributed by atoms with Gasteiger partial charge in [0.2, 0.25) is 0 Å². The van der Waals surface area contributed by atoms with E-state index in [1.54, 1.807) is 24.5 Å². The van der Waals surface area contributed by atoms with Gasteiger partial charge >= 0.3 is 5.97 Å². The predicted molar refractivity (Wildman–Crippen MR) is 95.5 cm³/mol. The Kier molecular flexibility index (Phi) is 8.80. The Morgan fingerprint density at radius 3 is 2.68 bits per heavy atom. The highest BCUT2D eigenvalue weighted by Crippen LogP contribution is 2.19. The molecule has 1 atom stereocenters. The van der Waals surface area contributed by atoms with Gasteiger partial charge in [0.1, 0.15) is 0 Å². The van der Waals surface area contributed by atoms with E-state index < -0.39 is 5.97 Å². The number of esters is 1. The first-order valence-corrected chi connectivity index (χ1v) is 8.94. The van der Waals surface area contributed by atoms with Gasteiger partial charge in [-0.05, 0) is 61.9 Å². The summed E-state index contributed by atoms with van der Waals surface area (Å²) in [5.74, 6) is -0.405. The van der Waals surface area contributed by atoms with Crippen LogP contribution in [0.5, 0.6) is 0 Å². The summed E-state index contributed by atoms with van der Waals surface area (Å²) < 4.78 is 20.7. The molecule has 0 amide bonds. The van der Waals surface area contributed by atoms with Crippen LogP contribution < -0.4 is 0 Å². The van der Waals surface area contributed by atoms with Crippen molar-refractivity contribution in [1.82, 2.24) is 0 Å². The minimum atomic E-state index is -0.405. The number of ether oxygens (including phenoxy) is 4. The van der Waals surface area contributed by atoms with Crippen molar-refractivity contribution in [3.63, 3.8) is 0 Å². The number of benzene rings is 1. The molecule has 1 unspecified atom stereocenters. The SMILES string of the molecule is C1=COCCC1.COC(=O)c1cc(Cl)cc(COC2CCCCO2)c1. The van der Waals surface area contributed by atoms with Crippen LogP contribution in [0.1, 0.15) is 48.0 Å². The normalized spacial score (nSPS) is 19.4. The van der Waals surface area contributed by atoms with Crippen LogP contribution in [0.3, 0.4) is 0 Å². The second-order valence-electron chi connectivity index (χ2n) is 5.83. The fraction of sp³-hybridized carbons (Fsp3) is 0.526. The topological polar surface area (TPSA) is 54.0 Å². The van der Waals surface area contributed by atoms with Gasteiger partial charge in [-0.1, -0.05) is 11.6 Å². The summed E-state index contributed by atoms with van der Waals surface area (Å²) in [5.41, 5.74) is 1.26. The van der Waals surface area contributed by atoms with E-state index in [0.29, 0.717) is 17.2 Å². The van der Waals surface area contributed by atoms with Crippen LogP contribution in [0, 0.1) is 0 Å². The molecule has 1 aromatic carbocycles. The minimum absolute atomic E-state index is 0.158. The Balaban J connectivity index is 0.000000316. The van der Waals surface area contributed by atoms with E-state index in [1.807, 2.05) is 6.08 Å². The number of rotatable bonds is 4. The minimum Gasteiger partial charge on any atom is -0.502 e. The van der Waals surface area contributed by atoms with E-state index in [1.165, 1.54) is 20.0 Å². The second kappa shape index (κ2) is 11.1. The molecule has 6 heteroatoms. The molecule has 0 aliphatic carbocycles. The van der Waals surface area contributed by atoms with Crippen LogP contribution in [0.15, 0.2) is 30.5 Å². The molecular formula is C19H25ClO5. The Labute approximate surface area is 153 Å². The number of methoxy groups -OCH3 is 1. The highest BCUT2D eigenvalue weighted by Gasteiger charge is 2.15. The molecule has 2 heterocycles. The van der Waals surface area contributed by atoms with Crippen LogP contribution >= 0.6 is 11.6 Å². The molecular weight excluding hydrogens is 344 g/mol. The molecule has 0 spiro atoms. The lowest BCUT2D eigenvalue weighted by atomic mass is 10.1. The number of hydrogen-bond acceptors (Lipinski definition) is 5. The molecule has 5 nitrogen and oxygen atoms in total. The Morgan fingerprint density at radius 1 is 1.24 bits per heavy atom. The van der Waals surface area contributed by atoms with Gasteiger partial charge in [0.05, 0.1) is 32.1 Å². The Hall–Kier alpha value is -1.56. The third-order valence-corrected chi connectivity index (χ3v) is 4.00. The van der Waals surface area contributed by atoms with Crippen molar-refractivity contribution in [3.05, 3.63) is 46.7 Å². The molecule has 0 aromatic heterocycles. The van der Waals surface area contributed by atoms with Crippen molar-refractivity contribution in [2.24, 2.45) is 0 Å². The molecule has 0 saturated carbocycles. The molecule has 2 aliphatic heterocycles.